The Hall–Kier alpha value is -3.25. The molecule has 1 fully saturated rings. The average Bonchev–Trinajstić information content (AvgIpc) is 2.80. The lowest BCUT2D eigenvalue weighted by molar-refractivity contribution is 0.0578. The average molecular weight is 401 g/mol. The molecular weight excluding hydrogens is 378 g/mol. The smallest absolute Gasteiger partial charge is 0.261 e. The summed E-state index contributed by atoms with van der Waals surface area (Å²) in [6.07, 6.45) is 6.00. The molecule has 0 spiro atoms. The van der Waals surface area contributed by atoms with Gasteiger partial charge in [0.15, 0.2) is 0 Å². The highest BCUT2D eigenvalue weighted by Crippen LogP contribution is 2.28. The van der Waals surface area contributed by atoms with Crippen molar-refractivity contribution in [1.29, 1.82) is 0 Å². The maximum atomic E-state index is 13.4. The number of hydrogen-bond acceptors (Lipinski definition) is 5. The van der Waals surface area contributed by atoms with Gasteiger partial charge in [0.2, 0.25) is 5.88 Å². The molecule has 2 aromatic heterocycles. The molecule has 1 aliphatic heterocycles. The van der Waals surface area contributed by atoms with E-state index in [1.54, 1.807) is 24.2 Å². The Morgan fingerprint density at radius 2 is 2.00 bits per heavy atom. The largest absolute Gasteiger partial charge is 0.481 e. The third kappa shape index (κ3) is 3.33. The molecular formula is C24H23N3O3. The molecule has 4 aromatic rings. The number of hydrogen-bond donors (Lipinski definition) is 0. The summed E-state index contributed by atoms with van der Waals surface area (Å²) in [5.74, 6) is 0.582. The first-order valence-corrected chi connectivity index (χ1v) is 10.2. The number of nitrogens with zero attached hydrogens (tertiary/aromatic N) is 3. The molecule has 1 atom stereocenters. The van der Waals surface area contributed by atoms with Crippen LogP contribution < -0.4 is 10.3 Å². The van der Waals surface area contributed by atoms with E-state index in [4.69, 9.17) is 14.5 Å². The minimum absolute atomic E-state index is 0.00480. The minimum Gasteiger partial charge on any atom is -0.481 e. The molecule has 0 bridgehead atoms. The van der Waals surface area contributed by atoms with Gasteiger partial charge < -0.3 is 9.47 Å². The maximum absolute atomic E-state index is 13.4. The predicted molar refractivity (Wildman–Crippen MR) is 116 cm³/mol. The normalized spacial score (nSPS) is 16.8. The Bertz CT molecular complexity index is 1280. The van der Waals surface area contributed by atoms with Crippen molar-refractivity contribution in [2.24, 2.45) is 0 Å². The second-order valence-electron chi connectivity index (χ2n) is 7.69. The van der Waals surface area contributed by atoms with Gasteiger partial charge in [0.05, 0.1) is 37.0 Å². The van der Waals surface area contributed by atoms with Crippen molar-refractivity contribution in [2.45, 2.75) is 25.3 Å². The van der Waals surface area contributed by atoms with Gasteiger partial charge >= 0.3 is 0 Å². The van der Waals surface area contributed by atoms with Gasteiger partial charge in [-0.3, -0.25) is 9.36 Å². The van der Waals surface area contributed by atoms with Crippen LogP contribution in [0.2, 0.25) is 0 Å². The quantitative estimate of drug-likeness (QED) is 0.485. The van der Waals surface area contributed by atoms with Gasteiger partial charge in [-0.15, -0.1) is 0 Å². The molecule has 30 heavy (non-hydrogen) atoms. The molecule has 5 rings (SSSR count). The third-order valence-corrected chi connectivity index (χ3v) is 5.81. The van der Waals surface area contributed by atoms with E-state index < -0.39 is 0 Å². The monoisotopic (exact) mass is 401 g/mol. The molecule has 6 heteroatoms. The van der Waals surface area contributed by atoms with E-state index in [-0.39, 0.29) is 11.6 Å². The molecule has 2 aromatic carbocycles. The van der Waals surface area contributed by atoms with Crippen molar-refractivity contribution in [1.82, 2.24) is 14.5 Å². The molecule has 6 nitrogen and oxygen atoms in total. The first kappa shape index (κ1) is 18.8. The van der Waals surface area contributed by atoms with Gasteiger partial charge in [0.1, 0.15) is 0 Å². The number of ether oxygens (including phenoxy) is 2. The van der Waals surface area contributed by atoms with E-state index in [1.807, 2.05) is 36.4 Å². The number of aromatic nitrogens is 3. The molecule has 0 unspecified atom stereocenters. The standard InChI is InChI=1S/C24H23N3O3/c1-29-22-12-16(8-9-25-22)11-17-13-21-23(20-7-3-2-6-19(17)20)26-15-27(24(21)28)18-5-4-10-30-14-18/h2-3,6-9,12-13,15,18H,4-5,10-11,14H2,1H3/t18-/m1/s1. The number of methoxy groups -OCH3 is 1. The van der Waals surface area contributed by atoms with Crippen molar-refractivity contribution in [3.63, 3.8) is 0 Å². The third-order valence-electron chi connectivity index (χ3n) is 5.81. The molecule has 3 heterocycles. The summed E-state index contributed by atoms with van der Waals surface area (Å²) in [5, 5.41) is 2.75. The lowest BCUT2D eigenvalue weighted by Crippen LogP contribution is -2.30. The van der Waals surface area contributed by atoms with Gasteiger partial charge in [-0.1, -0.05) is 24.3 Å². The lowest BCUT2D eigenvalue weighted by Gasteiger charge is -2.24. The summed E-state index contributed by atoms with van der Waals surface area (Å²) in [6, 6.07) is 14.1. The highest BCUT2D eigenvalue weighted by Gasteiger charge is 2.19. The van der Waals surface area contributed by atoms with Gasteiger partial charge in [-0.2, -0.15) is 0 Å². The topological polar surface area (TPSA) is 66.2 Å². The van der Waals surface area contributed by atoms with Crippen LogP contribution in [0.25, 0.3) is 21.7 Å². The zero-order valence-electron chi connectivity index (χ0n) is 16.9. The Morgan fingerprint density at radius 1 is 1.13 bits per heavy atom. The van der Waals surface area contributed by atoms with Gasteiger partial charge in [0, 0.05) is 24.3 Å². The molecule has 0 saturated carbocycles. The molecule has 0 aliphatic carbocycles. The van der Waals surface area contributed by atoms with Crippen molar-refractivity contribution in [2.75, 3.05) is 20.3 Å². The fraction of sp³-hybridized carbons (Fsp3) is 0.292. The van der Waals surface area contributed by atoms with Gasteiger partial charge in [0.25, 0.3) is 5.56 Å². The van der Waals surface area contributed by atoms with Crippen molar-refractivity contribution in [3.8, 4) is 5.88 Å². The highest BCUT2D eigenvalue weighted by molar-refractivity contribution is 6.06. The van der Waals surface area contributed by atoms with Crippen molar-refractivity contribution >= 4 is 21.7 Å². The van der Waals surface area contributed by atoms with E-state index in [0.717, 1.165) is 46.9 Å². The van der Waals surface area contributed by atoms with Crippen LogP contribution in [0.3, 0.4) is 0 Å². The van der Waals surface area contributed by atoms with Crippen LogP contribution in [0.5, 0.6) is 5.88 Å². The first-order chi connectivity index (χ1) is 14.7. The van der Waals surface area contributed by atoms with Crippen LogP contribution in [-0.2, 0) is 11.2 Å². The van der Waals surface area contributed by atoms with Crippen LogP contribution in [0.15, 0.2) is 59.8 Å². The summed E-state index contributed by atoms with van der Waals surface area (Å²) in [7, 11) is 1.61. The Morgan fingerprint density at radius 3 is 2.80 bits per heavy atom. The number of benzene rings is 2. The van der Waals surface area contributed by atoms with E-state index >= 15 is 0 Å². The van der Waals surface area contributed by atoms with Crippen LogP contribution in [0, 0.1) is 0 Å². The summed E-state index contributed by atoms with van der Waals surface area (Å²) >= 11 is 0. The highest BCUT2D eigenvalue weighted by atomic mass is 16.5. The number of pyridine rings is 1. The molecule has 0 N–H and O–H groups in total. The lowest BCUT2D eigenvalue weighted by atomic mass is 9.96. The van der Waals surface area contributed by atoms with E-state index in [0.29, 0.717) is 24.3 Å². The van der Waals surface area contributed by atoms with Crippen LogP contribution >= 0.6 is 0 Å². The zero-order valence-corrected chi connectivity index (χ0v) is 16.9. The summed E-state index contributed by atoms with van der Waals surface area (Å²) in [6.45, 7) is 1.32. The first-order valence-electron chi connectivity index (χ1n) is 10.2. The number of fused-ring (bicyclic) bond motifs is 3. The van der Waals surface area contributed by atoms with Crippen LogP contribution in [-0.4, -0.2) is 34.9 Å². The summed E-state index contributed by atoms with van der Waals surface area (Å²) in [5.41, 5.74) is 2.91. The van der Waals surface area contributed by atoms with E-state index in [1.165, 1.54) is 0 Å². The Kier molecular flexibility index (Phi) is 4.93. The second kappa shape index (κ2) is 7.88. The van der Waals surface area contributed by atoms with Crippen LogP contribution in [0.1, 0.15) is 30.0 Å². The van der Waals surface area contributed by atoms with Crippen molar-refractivity contribution < 1.29 is 9.47 Å². The molecule has 152 valence electrons. The predicted octanol–water partition coefficient (Wildman–Crippen LogP) is 3.90. The van der Waals surface area contributed by atoms with Gasteiger partial charge in [-0.25, -0.2) is 9.97 Å². The minimum atomic E-state index is -0.00480. The van der Waals surface area contributed by atoms with Crippen LogP contribution in [0.4, 0.5) is 0 Å². The summed E-state index contributed by atoms with van der Waals surface area (Å²) < 4.78 is 12.6. The van der Waals surface area contributed by atoms with Gasteiger partial charge in [-0.05, 0) is 47.9 Å². The number of rotatable bonds is 4. The van der Waals surface area contributed by atoms with E-state index in [9.17, 15) is 4.79 Å². The Labute approximate surface area is 174 Å². The summed E-state index contributed by atoms with van der Waals surface area (Å²) in [4.78, 5) is 22.3. The molecule has 1 aliphatic rings. The van der Waals surface area contributed by atoms with Crippen molar-refractivity contribution in [3.05, 3.63) is 76.5 Å². The fourth-order valence-electron chi connectivity index (χ4n) is 4.29. The SMILES string of the molecule is COc1cc(Cc2cc3c(=O)n([C@@H]4CCCOC4)cnc3c3ccccc23)ccn1. The Balaban J connectivity index is 1.68. The van der Waals surface area contributed by atoms with E-state index in [2.05, 4.69) is 11.1 Å². The molecule has 0 radical (unpaired) electrons. The zero-order chi connectivity index (χ0) is 20.5. The molecule has 0 amide bonds. The molecule has 1 saturated heterocycles. The second-order valence-corrected chi connectivity index (χ2v) is 7.69. The maximum Gasteiger partial charge on any atom is 0.261 e. The fourth-order valence-corrected chi connectivity index (χ4v) is 4.29.